The summed E-state index contributed by atoms with van der Waals surface area (Å²) < 4.78 is 11.3. The van der Waals surface area contributed by atoms with Crippen LogP contribution in [0, 0.1) is 0 Å². The molecule has 0 aliphatic rings. The molecule has 0 aliphatic heterocycles. The molecule has 11 heavy (non-hydrogen) atoms. The summed E-state index contributed by atoms with van der Waals surface area (Å²) >= 11 is 0. The third-order valence-corrected chi connectivity index (χ3v) is 6.62. The lowest BCUT2D eigenvalue weighted by Crippen LogP contribution is -2.30. The molecule has 0 saturated heterocycles. The monoisotopic (exact) mass is 194 g/mol. The van der Waals surface area contributed by atoms with Crippen molar-refractivity contribution < 1.29 is 9.32 Å². The van der Waals surface area contributed by atoms with Crippen molar-refractivity contribution in [1.82, 2.24) is 0 Å². The summed E-state index contributed by atoms with van der Waals surface area (Å²) in [6, 6.07) is 0. The number of rotatable bonds is 5. The molecule has 1 N–H and O–H groups in total. The Hall–Kier alpha value is 0.327. The lowest BCUT2D eigenvalue weighted by atomic mass is 10.5. The van der Waals surface area contributed by atoms with Crippen LogP contribution in [0.3, 0.4) is 0 Å². The van der Waals surface area contributed by atoms with E-state index in [1.165, 1.54) is 0 Å². The van der Waals surface area contributed by atoms with Crippen LogP contribution in [0.1, 0.15) is 6.42 Å². The first-order chi connectivity index (χ1) is 4.95. The molecule has 0 radical (unpaired) electrons. The largest absolute Gasteiger partial charge is 0.396 e. The van der Waals surface area contributed by atoms with Crippen LogP contribution >= 0.6 is 0 Å². The van der Waals surface area contributed by atoms with E-state index in [2.05, 4.69) is 19.6 Å². The van der Waals surface area contributed by atoms with Crippen molar-refractivity contribution in [3.63, 3.8) is 0 Å². The Kier molecular flexibility index (Phi) is 5.21. The van der Waals surface area contributed by atoms with Gasteiger partial charge in [-0.1, -0.05) is 19.6 Å². The number of aliphatic hydroxyl groups excluding tert-OH is 1. The molecule has 0 amide bonds. The van der Waals surface area contributed by atoms with Crippen molar-refractivity contribution in [3.8, 4) is 0 Å². The zero-order valence-electron chi connectivity index (χ0n) is 7.59. The first-order valence-corrected chi connectivity index (χ1v) is 9.11. The average molecular weight is 194 g/mol. The molecule has 0 aromatic rings. The van der Waals surface area contributed by atoms with E-state index >= 15 is 0 Å². The number of hydrogen-bond donors (Lipinski definition) is 1. The van der Waals surface area contributed by atoms with Gasteiger partial charge in [0.05, 0.1) is 8.07 Å². The average Bonchev–Trinajstić information content (AvgIpc) is 1.79. The van der Waals surface area contributed by atoms with Crippen LogP contribution in [0.5, 0.6) is 0 Å². The molecule has 0 fully saturated rings. The van der Waals surface area contributed by atoms with E-state index in [1.54, 1.807) is 0 Å². The Morgan fingerprint density at radius 2 is 1.91 bits per heavy atom. The fourth-order valence-corrected chi connectivity index (χ4v) is 5.67. The molecule has 0 bridgehead atoms. The highest BCUT2D eigenvalue weighted by Crippen LogP contribution is 2.03. The van der Waals surface area contributed by atoms with Crippen molar-refractivity contribution in [2.45, 2.75) is 26.1 Å². The van der Waals surface area contributed by atoms with Crippen molar-refractivity contribution in [2.75, 3.05) is 17.7 Å². The first kappa shape index (κ1) is 11.3. The standard InChI is InChI=1S/C7H18O2SSi/c1-11(2,3)7-10(9)6-4-5-8/h8H,4-7H2,1-3H3. The Morgan fingerprint density at radius 1 is 1.36 bits per heavy atom. The van der Waals surface area contributed by atoms with Gasteiger partial charge in [-0.05, 0) is 6.42 Å². The summed E-state index contributed by atoms with van der Waals surface area (Å²) in [6.45, 7) is 6.80. The van der Waals surface area contributed by atoms with Gasteiger partial charge in [0, 0.05) is 28.5 Å². The van der Waals surface area contributed by atoms with Gasteiger partial charge in [0.15, 0.2) is 0 Å². The van der Waals surface area contributed by atoms with Crippen LogP contribution in [0.2, 0.25) is 19.6 Å². The Bertz CT molecular complexity index is 131. The van der Waals surface area contributed by atoms with Crippen LogP contribution < -0.4 is 0 Å². The third-order valence-electron chi connectivity index (χ3n) is 1.12. The zero-order chi connectivity index (χ0) is 8.91. The summed E-state index contributed by atoms with van der Waals surface area (Å²) in [5, 5.41) is 9.36. The van der Waals surface area contributed by atoms with Gasteiger partial charge in [0.1, 0.15) is 0 Å². The Labute approximate surface area is 72.5 Å². The third kappa shape index (κ3) is 8.23. The minimum atomic E-state index is -1.15. The van der Waals surface area contributed by atoms with Crippen molar-refractivity contribution in [1.29, 1.82) is 0 Å². The van der Waals surface area contributed by atoms with Gasteiger partial charge in [-0.2, -0.15) is 0 Å². The maximum absolute atomic E-state index is 11.3. The van der Waals surface area contributed by atoms with E-state index in [1.807, 2.05) is 0 Å². The van der Waals surface area contributed by atoms with Gasteiger partial charge >= 0.3 is 0 Å². The van der Waals surface area contributed by atoms with E-state index in [0.29, 0.717) is 12.2 Å². The second-order valence-corrected chi connectivity index (χ2v) is 11.5. The van der Waals surface area contributed by atoms with Gasteiger partial charge in [-0.25, -0.2) is 0 Å². The first-order valence-electron chi connectivity index (χ1n) is 3.91. The highest BCUT2D eigenvalue weighted by Gasteiger charge is 2.16. The van der Waals surface area contributed by atoms with Gasteiger partial charge in [0.2, 0.25) is 0 Å². The fraction of sp³-hybridized carbons (Fsp3) is 1.00. The molecule has 0 rings (SSSR count). The van der Waals surface area contributed by atoms with Crippen LogP contribution in [-0.4, -0.2) is 35.1 Å². The SMILES string of the molecule is C[Si](C)(C)CS(=O)CCCO. The van der Waals surface area contributed by atoms with E-state index in [0.717, 1.165) is 5.38 Å². The second-order valence-electron chi connectivity index (χ2n) is 3.93. The summed E-state index contributed by atoms with van der Waals surface area (Å²) in [5.41, 5.74) is 0. The molecule has 0 saturated carbocycles. The summed E-state index contributed by atoms with van der Waals surface area (Å²) in [6.07, 6.45) is 0.678. The van der Waals surface area contributed by atoms with Crippen LogP contribution in [0.15, 0.2) is 0 Å². The minimum absolute atomic E-state index is 0.164. The molecule has 0 aromatic heterocycles. The van der Waals surface area contributed by atoms with Gasteiger partial charge < -0.3 is 5.11 Å². The molecule has 1 unspecified atom stereocenters. The molecule has 0 heterocycles. The Balaban J connectivity index is 3.53. The topological polar surface area (TPSA) is 37.3 Å². The summed E-state index contributed by atoms with van der Waals surface area (Å²) in [7, 11) is -1.84. The van der Waals surface area contributed by atoms with E-state index < -0.39 is 18.9 Å². The highest BCUT2D eigenvalue weighted by molar-refractivity contribution is 7.86. The normalized spacial score (nSPS) is 14.9. The van der Waals surface area contributed by atoms with Gasteiger partial charge in [-0.3, -0.25) is 4.21 Å². The van der Waals surface area contributed by atoms with Gasteiger partial charge in [-0.15, -0.1) is 0 Å². The van der Waals surface area contributed by atoms with Crippen molar-refractivity contribution in [3.05, 3.63) is 0 Å². The van der Waals surface area contributed by atoms with Crippen LogP contribution in [0.25, 0.3) is 0 Å². The van der Waals surface area contributed by atoms with E-state index in [9.17, 15) is 4.21 Å². The molecular weight excluding hydrogens is 176 g/mol. The Morgan fingerprint density at radius 3 is 2.27 bits per heavy atom. The van der Waals surface area contributed by atoms with E-state index in [4.69, 9.17) is 5.11 Å². The summed E-state index contributed by atoms with van der Waals surface area (Å²) in [5.74, 6) is 0.667. The quantitative estimate of drug-likeness (QED) is 0.663. The number of hydrogen-bond acceptors (Lipinski definition) is 2. The number of aliphatic hydroxyl groups is 1. The summed E-state index contributed by atoms with van der Waals surface area (Å²) in [4.78, 5) is 0. The molecule has 0 spiro atoms. The second kappa shape index (κ2) is 5.06. The van der Waals surface area contributed by atoms with Crippen LogP contribution in [0.4, 0.5) is 0 Å². The molecule has 1 atom stereocenters. The molecule has 0 aliphatic carbocycles. The predicted molar refractivity (Wildman–Crippen MR) is 52.9 cm³/mol. The smallest absolute Gasteiger partial charge is 0.0581 e. The molecular formula is C7H18O2SSi. The predicted octanol–water partition coefficient (Wildman–Crippen LogP) is 0.995. The van der Waals surface area contributed by atoms with Gasteiger partial charge in [0.25, 0.3) is 0 Å². The molecule has 2 nitrogen and oxygen atoms in total. The van der Waals surface area contributed by atoms with E-state index in [-0.39, 0.29) is 6.61 Å². The lowest BCUT2D eigenvalue weighted by Gasteiger charge is -2.14. The fourth-order valence-electron chi connectivity index (χ4n) is 0.781. The maximum Gasteiger partial charge on any atom is 0.0581 e. The van der Waals surface area contributed by atoms with Crippen LogP contribution in [-0.2, 0) is 10.8 Å². The molecule has 0 aromatic carbocycles. The van der Waals surface area contributed by atoms with Crippen molar-refractivity contribution in [2.24, 2.45) is 0 Å². The molecule has 68 valence electrons. The maximum atomic E-state index is 11.3. The highest BCUT2D eigenvalue weighted by atomic mass is 32.2. The molecule has 4 heteroatoms. The minimum Gasteiger partial charge on any atom is -0.396 e. The lowest BCUT2D eigenvalue weighted by molar-refractivity contribution is 0.296. The zero-order valence-corrected chi connectivity index (χ0v) is 9.41. The van der Waals surface area contributed by atoms with Crippen molar-refractivity contribution >= 4 is 18.9 Å².